The van der Waals surface area contributed by atoms with Crippen LogP contribution < -0.4 is 0 Å². The Balaban J connectivity index is 2.21. The number of hydrogen-bond acceptors (Lipinski definition) is 5. The molecule has 0 aliphatic rings. The van der Waals surface area contributed by atoms with Gasteiger partial charge in [0.1, 0.15) is 0 Å². The molecule has 0 aliphatic carbocycles. The molecule has 43 heavy (non-hydrogen) atoms. The van der Waals surface area contributed by atoms with Crippen LogP contribution in [0.5, 0.6) is 0 Å². The maximum atomic E-state index is 11.7. The van der Waals surface area contributed by atoms with Crippen molar-refractivity contribution < 1.29 is 24.5 Å². The zero-order valence-electron chi connectivity index (χ0n) is 26.6. The summed E-state index contributed by atoms with van der Waals surface area (Å²) in [7, 11) is 0. The normalized spacial score (nSPS) is 11.8. The maximum absolute atomic E-state index is 11.7. The molecule has 0 saturated carbocycles. The maximum Gasteiger partial charge on any atom is 0.333 e. The van der Waals surface area contributed by atoms with Gasteiger partial charge in [-0.3, -0.25) is 0 Å². The number of hydrogen-bond donors (Lipinski definition) is 2. The number of rotatable bonds is 21. The smallest absolute Gasteiger partial charge is 0.333 e. The van der Waals surface area contributed by atoms with Crippen LogP contribution in [-0.2, 0) is 27.1 Å². The third-order valence-corrected chi connectivity index (χ3v) is 7.44. The van der Waals surface area contributed by atoms with Crippen molar-refractivity contribution in [1.29, 1.82) is 0 Å². The Bertz CT molecular complexity index is 1200. The van der Waals surface area contributed by atoms with E-state index in [0.717, 1.165) is 29.6 Å². The van der Waals surface area contributed by atoms with Gasteiger partial charge < -0.3 is 19.7 Å². The summed E-state index contributed by atoms with van der Waals surface area (Å²) in [6.45, 7) is 15.1. The molecule has 0 bridgehead atoms. The number of ether oxygens (including phenoxy) is 2. The van der Waals surface area contributed by atoms with E-state index in [2.05, 4.69) is 81.6 Å². The lowest BCUT2D eigenvalue weighted by atomic mass is 9.91. The molecule has 0 heterocycles. The fraction of sp³-hybridized carbons (Fsp3) is 0.447. The highest BCUT2D eigenvalue weighted by Gasteiger charge is 2.10. The lowest BCUT2D eigenvalue weighted by Crippen LogP contribution is -2.13. The number of unbranched alkanes of at least 4 members (excludes halogenated alkanes) is 2. The van der Waals surface area contributed by atoms with Crippen molar-refractivity contribution in [2.75, 3.05) is 33.0 Å². The van der Waals surface area contributed by atoms with Gasteiger partial charge in [0, 0.05) is 31.3 Å². The molecule has 5 heteroatoms. The standard InChI is InChI=1S/C38H52O5/c1-6-8-9-13-31-15-17-34(18-16-31)35-19-20-37(33(7-2)26-35)36(14-11-22-42-24-21-32(27-39)28-40)25-30(5)12-10-23-43-38(41)29(3)4/h11,14-20,25-26,32,39-40H,3,5-10,12-13,21-24,27-28H2,1-2,4H3/b14-11-,36-25+. The zero-order valence-corrected chi connectivity index (χ0v) is 26.6. The first-order valence-electron chi connectivity index (χ1n) is 15.7. The molecule has 0 fully saturated rings. The van der Waals surface area contributed by atoms with Crippen LogP contribution in [0.4, 0.5) is 0 Å². The van der Waals surface area contributed by atoms with Gasteiger partial charge in [-0.25, -0.2) is 4.79 Å². The van der Waals surface area contributed by atoms with Crippen LogP contribution in [0.25, 0.3) is 16.7 Å². The minimum Gasteiger partial charge on any atom is -0.462 e. The van der Waals surface area contributed by atoms with Gasteiger partial charge in [-0.05, 0) is 78.8 Å². The number of aliphatic hydroxyl groups excluding tert-OH is 2. The van der Waals surface area contributed by atoms with Crippen LogP contribution in [0, 0.1) is 5.92 Å². The molecule has 2 N–H and O–H groups in total. The minimum absolute atomic E-state index is 0.0456. The predicted molar refractivity (Wildman–Crippen MR) is 179 cm³/mol. The fourth-order valence-corrected chi connectivity index (χ4v) is 4.70. The van der Waals surface area contributed by atoms with Crippen LogP contribution in [0.15, 0.2) is 85.0 Å². The van der Waals surface area contributed by atoms with E-state index in [-0.39, 0.29) is 25.1 Å². The molecule has 5 nitrogen and oxygen atoms in total. The molecule has 2 aromatic carbocycles. The Labute approximate surface area is 259 Å². The molecule has 0 spiro atoms. The molecule has 0 unspecified atom stereocenters. The number of allylic oxidation sites excluding steroid dienone is 4. The summed E-state index contributed by atoms with van der Waals surface area (Å²) in [6, 6.07) is 15.6. The van der Waals surface area contributed by atoms with Gasteiger partial charge in [0.05, 0.1) is 13.2 Å². The quantitative estimate of drug-likeness (QED) is 0.0668. The van der Waals surface area contributed by atoms with Crippen molar-refractivity contribution in [3.05, 3.63) is 102 Å². The van der Waals surface area contributed by atoms with Gasteiger partial charge in [-0.1, -0.05) is 106 Å². The lowest BCUT2D eigenvalue weighted by molar-refractivity contribution is -0.139. The second-order valence-corrected chi connectivity index (χ2v) is 11.2. The molecule has 0 atom stereocenters. The molecule has 0 aromatic heterocycles. The van der Waals surface area contributed by atoms with Crippen molar-refractivity contribution in [2.45, 2.75) is 72.1 Å². The van der Waals surface area contributed by atoms with E-state index in [1.54, 1.807) is 6.92 Å². The van der Waals surface area contributed by atoms with Crippen LogP contribution in [-0.4, -0.2) is 49.2 Å². The molecule has 0 amide bonds. The lowest BCUT2D eigenvalue weighted by Gasteiger charge is -2.14. The first-order chi connectivity index (χ1) is 20.8. The topological polar surface area (TPSA) is 76.0 Å². The Morgan fingerprint density at radius 2 is 1.67 bits per heavy atom. The van der Waals surface area contributed by atoms with E-state index < -0.39 is 0 Å². The summed E-state index contributed by atoms with van der Waals surface area (Å²) in [5, 5.41) is 18.5. The van der Waals surface area contributed by atoms with Gasteiger partial charge in [0.25, 0.3) is 0 Å². The molecule has 0 radical (unpaired) electrons. The number of esters is 1. The highest BCUT2D eigenvalue weighted by molar-refractivity contribution is 5.86. The second kappa shape index (κ2) is 20.6. The number of aliphatic hydroxyl groups is 2. The van der Waals surface area contributed by atoms with Crippen molar-refractivity contribution in [3.63, 3.8) is 0 Å². The van der Waals surface area contributed by atoms with E-state index in [1.807, 2.05) is 6.08 Å². The Hall–Kier alpha value is -3.25. The summed E-state index contributed by atoms with van der Waals surface area (Å²) in [5.74, 6) is -0.520. The van der Waals surface area contributed by atoms with E-state index >= 15 is 0 Å². The van der Waals surface area contributed by atoms with Gasteiger partial charge in [-0.2, -0.15) is 0 Å². The zero-order chi connectivity index (χ0) is 31.5. The molecular formula is C38H52O5. The van der Waals surface area contributed by atoms with E-state index in [4.69, 9.17) is 9.47 Å². The monoisotopic (exact) mass is 588 g/mol. The third-order valence-electron chi connectivity index (χ3n) is 7.44. The summed E-state index contributed by atoms with van der Waals surface area (Å²) < 4.78 is 11.0. The van der Waals surface area contributed by atoms with E-state index in [0.29, 0.717) is 44.7 Å². The molecule has 0 aliphatic heterocycles. The first kappa shape index (κ1) is 35.9. The van der Waals surface area contributed by atoms with Gasteiger partial charge in [0.2, 0.25) is 0 Å². The highest BCUT2D eigenvalue weighted by Crippen LogP contribution is 2.29. The summed E-state index contributed by atoms with van der Waals surface area (Å²) >= 11 is 0. The number of benzene rings is 2. The summed E-state index contributed by atoms with van der Waals surface area (Å²) in [4.78, 5) is 11.7. The third kappa shape index (κ3) is 13.3. The molecule has 2 aromatic rings. The van der Waals surface area contributed by atoms with Crippen LogP contribution >= 0.6 is 0 Å². The van der Waals surface area contributed by atoms with Crippen molar-refractivity contribution >= 4 is 11.5 Å². The van der Waals surface area contributed by atoms with Crippen molar-refractivity contribution in [1.82, 2.24) is 0 Å². The Kier molecular flexibility index (Phi) is 17.2. The average Bonchev–Trinajstić information content (AvgIpc) is 3.02. The van der Waals surface area contributed by atoms with Crippen molar-refractivity contribution in [3.8, 4) is 11.1 Å². The second-order valence-electron chi connectivity index (χ2n) is 11.2. The van der Waals surface area contributed by atoms with Gasteiger partial charge in [-0.15, -0.1) is 0 Å². The largest absolute Gasteiger partial charge is 0.462 e. The molecule has 234 valence electrons. The predicted octanol–water partition coefficient (Wildman–Crippen LogP) is 8.05. The summed E-state index contributed by atoms with van der Waals surface area (Å²) in [5.41, 5.74) is 8.60. The van der Waals surface area contributed by atoms with Gasteiger partial charge >= 0.3 is 5.97 Å². The van der Waals surface area contributed by atoms with Crippen LogP contribution in [0.1, 0.15) is 76.0 Å². The summed E-state index contributed by atoms with van der Waals surface area (Å²) in [6.07, 6.45) is 13.9. The van der Waals surface area contributed by atoms with E-state index in [9.17, 15) is 15.0 Å². The average molecular weight is 589 g/mol. The number of aryl methyl sites for hydroxylation is 2. The number of carbonyl (C=O) groups excluding carboxylic acids is 1. The van der Waals surface area contributed by atoms with Crippen LogP contribution in [0.2, 0.25) is 0 Å². The SMILES string of the molecule is C=C(/C=C(\C=C/COCCC(CO)CO)c1ccc(-c2ccc(CCCCC)cc2)cc1CC)CCCOC(=O)C(=C)C. The van der Waals surface area contributed by atoms with E-state index in [1.165, 1.54) is 41.5 Å². The Morgan fingerprint density at radius 3 is 2.33 bits per heavy atom. The fourth-order valence-electron chi connectivity index (χ4n) is 4.70. The molecule has 0 saturated heterocycles. The van der Waals surface area contributed by atoms with Crippen LogP contribution in [0.3, 0.4) is 0 Å². The minimum atomic E-state index is -0.368. The molecule has 2 rings (SSSR count). The number of carbonyl (C=O) groups is 1. The molecular weight excluding hydrogens is 536 g/mol. The van der Waals surface area contributed by atoms with Crippen molar-refractivity contribution in [2.24, 2.45) is 5.92 Å². The first-order valence-corrected chi connectivity index (χ1v) is 15.7. The highest BCUT2D eigenvalue weighted by atomic mass is 16.5. The Morgan fingerprint density at radius 1 is 0.953 bits per heavy atom. The van der Waals surface area contributed by atoms with Gasteiger partial charge in [0.15, 0.2) is 0 Å².